The number of carbonyl (C=O) groups excluding carboxylic acids is 1. The number of hydrogen-bond acceptors (Lipinski definition) is 5. The van der Waals surface area contributed by atoms with Crippen molar-refractivity contribution in [1.29, 1.82) is 0 Å². The number of fused-ring (bicyclic) bond motifs is 1. The molecule has 0 aromatic heterocycles. The van der Waals surface area contributed by atoms with Crippen LogP contribution in [0.4, 0.5) is 13.2 Å². The quantitative estimate of drug-likeness (QED) is 0.701. The molecule has 126 valence electrons. The second-order valence-corrected chi connectivity index (χ2v) is 4.99. The minimum absolute atomic E-state index is 0.000486. The Morgan fingerprint density at radius 2 is 1.81 bits per heavy atom. The third-order valence-corrected chi connectivity index (χ3v) is 2.55. The van der Waals surface area contributed by atoms with Gasteiger partial charge in [0.15, 0.2) is 5.79 Å². The van der Waals surface area contributed by atoms with E-state index < -0.39 is 12.0 Å². The first-order chi connectivity index (χ1) is 9.54. The number of carbonyl (C=O) groups is 1. The minimum atomic E-state index is -4.00. The monoisotopic (exact) mass is 316 g/mol. The lowest BCUT2D eigenvalue weighted by molar-refractivity contribution is -0.152. The standard InChI is InChI=1S/C9H17NO3.C2H3F3.CH3NO/c1-9(2)12-6-3-4-11-7(5-10)8(6)13-9;1-2(3,4)5;2-1-3/h6-8H,3-5,10H2,1-2H3;1H3;1H,(H2,2,3). The molecule has 2 rings (SSSR count). The summed E-state index contributed by atoms with van der Waals surface area (Å²) in [5.41, 5.74) is 9.75. The van der Waals surface area contributed by atoms with Gasteiger partial charge in [-0.15, -0.1) is 0 Å². The molecule has 21 heavy (non-hydrogen) atoms. The van der Waals surface area contributed by atoms with E-state index >= 15 is 0 Å². The van der Waals surface area contributed by atoms with Crippen molar-refractivity contribution in [2.24, 2.45) is 11.5 Å². The Balaban J connectivity index is 0.000000422. The predicted molar refractivity (Wildman–Crippen MR) is 69.2 cm³/mol. The zero-order chi connectivity index (χ0) is 16.7. The van der Waals surface area contributed by atoms with E-state index in [1.807, 2.05) is 13.8 Å². The van der Waals surface area contributed by atoms with Crippen LogP contribution in [0, 0.1) is 0 Å². The van der Waals surface area contributed by atoms with Crippen LogP contribution < -0.4 is 11.5 Å². The molecule has 2 aliphatic heterocycles. The molecule has 0 radical (unpaired) electrons. The molecule has 9 heteroatoms. The summed E-state index contributed by atoms with van der Waals surface area (Å²) in [7, 11) is 0. The molecule has 2 saturated heterocycles. The first kappa shape index (κ1) is 20.1. The maximum Gasteiger partial charge on any atom is 0.386 e. The lowest BCUT2D eigenvalue weighted by Crippen LogP contribution is -2.46. The smallest absolute Gasteiger partial charge is 0.374 e. The van der Waals surface area contributed by atoms with Crippen molar-refractivity contribution < 1.29 is 32.2 Å². The molecule has 2 heterocycles. The fourth-order valence-corrected chi connectivity index (χ4v) is 2.03. The number of alkyl halides is 3. The third-order valence-electron chi connectivity index (χ3n) is 2.55. The van der Waals surface area contributed by atoms with E-state index in [0.29, 0.717) is 6.54 Å². The average Bonchev–Trinajstić information content (AvgIpc) is 2.61. The Labute approximate surface area is 121 Å². The van der Waals surface area contributed by atoms with E-state index in [0.717, 1.165) is 13.0 Å². The van der Waals surface area contributed by atoms with Crippen LogP contribution >= 0.6 is 0 Å². The largest absolute Gasteiger partial charge is 0.386 e. The second kappa shape index (κ2) is 8.52. The van der Waals surface area contributed by atoms with E-state index in [1.165, 1.54) is 0 Å². The number of amides is 1. The number of rotatable bonds is 1. The maximum absolute atomic E-state index is 10.4. The van der Waals surface area contributed by atoms with Gasteiger partial charge in [-0.3, -0.25) is 4.79 Å². The van der Waals surface area contributed by atoms with E-state index in [-0.39, 0.29) is 31.6 Å². The molecule has 0 spiro atoms. The van der Waals surface area contributed by atoms with Crippen molar-refractivity contribution >= 4 is 6.41 Å². The van der Waals surface area contributed by atoms with Gasteiger partial charge in [-0.25, -0.2) is 0 Å². The Morgan fingerprint density at radius 3 is 2.24 bits per heavy atom. The van der Waals surface area contributed by atoms with Gasteiger partial charge in [0.2, 0.25) is 6.41 Å². The first-order valence-electron chi connectivity index (χ1n) is 6.43. The molecule has 3 unspecified atom stereocenters. The Kier molecular flexibility index (Phi) is 8.16. The van der Waals surface area contributed by atoms with Crippen LogP contribution in [0.3, 0.4) is 0 Å². The van der Waals surface area contributed by atoms with Crippen molar-refractivity contribution in [3.8, 4) is 0 Å². The fraction of sp³-hybridized carbons (Fsp3) is 0.917. The van der Waals surface area contributed by atoms with Gasteiger partial charge in [-0.05, 0) is 20.3 Å². The molecule has 0 aromatic carbocycles. The number of hydrogen-bond donors (Lipinski definition) is 2. The molecule has 3 atom stereocenters. The second-order valence-electron chi connectivity index (χ2n) is 4.99. The van der Waals surface area contributed by atoms with Crippen LogP contribution in [0.5, 0.6) is 0 Å². The van der Waals surface area contributed by atoms with Gasteiger partial charge in [0.05, 0.1) is 12.2 Å². The molecule has 1 amide bonds. The molecule has 2 fully saturated rings. The average molecular weight is 316 g/mol. The summed E-state index contributed by atoms with van der Waals surface area (Å²) in [6, 6.07) is 0. The topological polar surface area (TPSA) is 96.8 Å². The number of nitrogens with two attached hydrogens (primary N) is 2. The van der Waals surface area contributed by atoms with Gasteiger partial charge >= 0.3 is 6.18 Å². The third kappa shape index (κ3) is 8.86. The van der Waals surface area contributed by atoms with Crippen molar-refractivity contribution in [2.45, 2.75) is 57.5 Å². The molecule has 2 aliphatic rings. The summed E-state index contributed by atoms with van der Waals surface area (Å²) in [5.74, 6) is -0.476. The Hall–Kier alpha value is -0.900. The highest BCUT2D eigenvalue weighted by Crippen LogP contribution is 2.34. The maximum atomic E-state index is 10.4. The minimum Gasteiger partial charge on any atom is -0.374 e. The zero-order valence-corrected chi connectivity index (χ0v) is 12.4. The number of primary amides is 1. The highest BCUT2D eigenvalue weighted by Gasteiger charge is 2.47. The zero-order valence-electron chi connectivity index (χ0n) is 12.4. The molecule has 4 N–H and O–H groups in total. The molecule has 0 saturated carbocycles. The van der Waals surface area contributed by atoms with E-state index in [4.69, 9.17) is 24.7 Å². The Bertz CT molecular complexity index is 307. The summed E-state index contributed by atoms with van der Waals surface area (Å²) in [6.45, 7) is 5.27. The lowest BCUT2D eigenvalue weighted by Gasteiger charge is -2.30. The summed E-state index contributed by atoms with van der Waals surface area (Å²) in [6.07, 6.45) is -2.66. The van der Waals surface area contributed by atoms with Gasteiger partial charge in [-0.1, -0.05) is 0 Å². The lowest BCUT2D eigenvalue weighted by atomic mass is 10.0. The molecule has 0 aromatic rings. The van der Waals surface area contributed by atoms with Crippen molar-refractivity contribution in [3.63, 3.8) is 0 Å². The van der Waals surface area contributed by atoms with Crippen molar-refractivity contribution in [1.82, 2.24) is 0 Å². The molecular weight excluding hydrogens is 293 g/mol. The number of ether oxygens (including phenoxy) is 3. The molecule has 6 nitrogen and oxygen atoms in total. The fourth-order valence-electron chi connectivity index (χ4n) is 2.03. The van der Waals surface area contributed by atoms with Gasteiger partial charge in [-0.2, -0.15) is 13.2 Å². The van der Waals surface area contributed by atoms with E-state index in [9.17, 15) is 13.2 Å². The van der Waals surface area contributed by atoms with Crippen molar-refractivity contribution in [2.75, 3.05) is 13.2 Å². The predicted octanol–water partition coefficient (Wildman–Crippen LogP) is 0.924. The summed E-state index contributed by atoms with van der Waals surface area (Å²) in [5, 5.41) is 0. The van der Waals surface area contributed by atoms with Gasteiger partial charge in [0.25, 0.3) is 0 Å². The van der Waals surface area contributed by atoms with Gasteiger partial charge in [0, 0.05) is 20.1 Å². The number of halogens is 3. The van der Waals surface area contributed by atoms with Crippen LogP contribution in [0.2, 0.25) is 0 Å². The summed E-state index contributed by atoms with van der Waals surface area (Å²) < 4.78 is 48.0. The molecule has 0 bridgehead atoms. The molecule has 0 aliphatic carbocycles. The van der Waals surface area contributed by atoms with Gasteiger partial charge < -0.3 is 25.7 Å². The van der Waals surface area contributed by atoms with E-state index in [2.05, 4.69) is 5.73 Å². The van der Waals surface area contributed by atoms with E-state index in [1.54, 1.807) is 0 Å². The summed E-state index contributed by atoms with van der Waals surface area (Å²) >= 11 is 0. The van der Waals surface area contributed by atoms with Gasteiger partial charge in [0.1, 0.15) is 6.10 Å². The highest BCUT2D eigenvalue weighted by atomic mass is 19.4. The highest BCUT2D eigenvalue weighted by molar-refractivity contribution is 5.42. The first-order valence-corrected chi connectivity index (χ1v) is 6.43. The van der Waals surface area contributed by atoms with Crippen molar-refractivity contribution in [3.05, 3.63) is 0 Å². The Morgan fingerprint density at radius 1 is 1.33 bits per heavy atom. The van der Waals surface area contributed by atoms with Crippen LogP contribution in [0.25, 0.3) is 0 Å². The molecular formula is C12H23F3N2O4. The van der Waals surface area contributed by atoms with Crippen LogP contribution in [0.1, 0.15) is 27.2 Å². The van der Waals surface area contributed by atoms with Crippen LogP contribution in [-0.2, 0) is 19.0 Å². The summed E-state index contributed by atoms with van der Waals surface area (Å²) in [4.78, 5) is 8.58. The van der Waals surface area contributed by atoms with Crippen LogP contribution in [-0.4, -0.2) is 49.8 Å². The SMILES string of the molecule is CC(F)(F)F.CC1(C)OC2CCOC(CN)C2O1.NC=O. The normalized spacial score (nSPS) is 30.1. The van der Waals surface area contributed by atoms with Crippen LogP contribution in [0.15, 0.2) is 0 Å².